The quantitative estimate of drug-likeness (QED) is 0.780. The van der Waals surface area contributed by atoms with Crippen LogP contribution in [0.1, 0.15) is 16.1 Å². The van der Waals surface area contributed by atoms with E-state index in [0.717, 1.165) is 11.1 Å². The van der Waals surface area contributed by atoms with Crippen LogP contribution in [0.4, 0.5) is 10.1 Å². The third kappa shape index (κ3) is 2.71. The average molecular weight is 296 g/mol. The Morgan fingerprint density at radius 2 is 1.91 bits per heavy atom. The van der Waals surface area contributed by atoms with Crippen molar-refractivity contribution >= 4 is 11.6 Å². The molecule has 0 unspecified atom stereocenters. The number of aromatic amines is 1. The number of hydrogen-bond acceptors (Lipinski definition) is 3. The fraction of sp³-hybridized carbons (Fsp3) is 0.0625. The summed E-state index contributed by atoms with van der Waals surface area (Å²) < 4.78 is 13.8. The maximum absolute atomic E-state index is 13.8. The fourth-order valence-corrected chi connectivity index (χ4v) is 2.09. The summed E-state index contributed by atoms with van der Waals surface area (Å²) in [5, 5.41) is 12.8. The van der Waals surface area contributed by atoms with Gasteiger partial charge >= 0.3 is 0 Å². The lowest BCUT2D eigenvalue weighted by Gasteiger charge is -2.06. The fourth-order valence-electron chi connectivity index (χ4n) is 2.09. The van der Waals surface area contributed by atoms with E-state index in [-0.39, 0.29) is 11.4 Å². The number of carbonyl (C=O) groups is 1. The van der Waals surface area contributed by atoms with E-state index in [2.05, 4.69) is 20.7 Å². The number of H-pyrrole nitrogens is 1. The number of aromatic nitrogens is 3. The monoisotopic (exact) mass is 296 g/mol. The molecule has 22 heavy (non-hydrogen) atoms. The van der Waals surface area contributed by atoms with Crippen molar-refractivity contribution in [3.63, 3.8) is 0 Å². The summed E-state index contributed by atoms with van der Waals surface area (Å²) in [6, 6.07) is 13.8. The van der Waals surface area contributed by atoms with Crippen LogP contribution < -0.4 is 5.32 Å². The van der Waals surface area contributed by atoms with Crippen molar-refractivity contribution in [3.8, 4) is 11.3 Å². The third-order valence-electron chi connectivity index (χ3n) is 3.18. The third-order valence-corrected chi connectivity index (χ3v) is 3.18. The standard InChI is InChI=1S/C16H13FN4O/c1-10-7-8-13(12(17)9-10)18-16(22)15-14(19-21-20-15)11-5-3-2-4-6-11/h2-9H,1H3,(H,18,22)(H,19,20,21). The normalized spacial score (nSPS) is 10.5. The van der Waals surface area contributed by atoms with Crippen molar-refractivity contribution in [2.75, 3.05) is 5.32 Å². The molecule has 0 saturated carbocycles. The first-order chi connectivity index (χ1) is 10.6. The highest BCUT2D eigenvalue weighted by Crippen LogP contribution is 2.21. The minimum absolute atomic E-state index is 0.109. The van der Waals surface area contributed by atoms with Gasteiger partial charge in [-0.3, -0.25) is 4.79 Å². The molecule has 1 heterocycles. The molecule has 0 spiro atoms. The summed E-state index contributed by atoms with van der Waals surface area (Å²) in [6.45, 7) is 1.78. The van der Waals surface area contributed by atoms with E-state index in [1.807, 2.05) is 30.3 Å². The molecule has 3 aromatic rings. The Labute approximate surface area is 126 Å². The number of aryl methyl sites for hydroxylation is 1. The first-order valence-electron chi connectivity index (χ1n) is 6.69. The highest BCUT2D eigenvalue weighted by atomic mass is 19.1. The molecule has 2 aromatic carbocycles. The van der Waals surface area contributed by atoms with Gasteiger partial charge in [0, 0.05) is 5.56 Å². The second kappa shape index (κ2) is 5.77. The van der Waals surface area contributed by atoms with Gasteiger partial charge in [-0.25, -0.2) is 4.39 Å². The minimum atomic E-state index is -0.518. The Morgan fingerprint density at radius 3 is 2.64 bits per heavy atom. The van der Waals surface area contributed by atoms with Gasteiger partial charge < -0.3 is 5.32 Å². The molecule has 0 fully saturated rings. The van der Waals surface area contributed by atoms with E-state index in [1.165, 1.54) is 12.1 Å². The molecule has 0 atom stereocenters. The zero-order valence-corrected chi connectivity index (χ0v) is 11.8. The van der Waals surface area contributed by atoms with Crippen molar-refractivity contribution in [3.05, 3.63) is 65.6 Å². The van der Waals surface area contributed by atoms with E-state index in [1.54, 1.807) is 13.0 Å². The number of anilines is 1. The van der Waals surface area contributed by atoms with Gasteiger partial charge in [0.25, 0.3) is 5.91 Å². The largest absolute Gasteiger partial charge is 0.318 e. The lowest BCUT2D eigenvalue weighted by molar-refractivity contribution is 0.102. The molecule has 110 valence electrons. The molecular formula is C16H13FN4O. The second-order valence-corrected chi connectivity index (χ2v) is 4.82. The minimum Gasteiger partial charge on any atom is -0.318 e. The van der Waals surface area contributed by atoms with E-state index in [0.29, 0.717) is 5.69 Å². The van der Waals surface area contributed by atoms with E-state index < -0.39 is 11.7 Å². The zero-order valence-electron chi connectivity index (χ0n) is 11.8. The molecule has 2 N–H and O–H groups in total. The van der Waals surface area contributed by atoms with Crippen LogP contribution in [0.2, 0.25) is 0 Å². The summed E-state index contributed by atoms with van der Waals surface area (Å²) in [5.74, 6) is -1.01. The molecule has 0 bridgehead atoms. The molecule has 5 nitrogen and oxygen atoms in total. The summed E-state index contributed by atoms with van der Waals surface area (Å²) in [4.78, 5) is 12.3. The number of hydrogen-bond donors (Lipinski definition) is 2. The molecule has 0 aliphatic rings. The lowest BCUT2D eigenvalue weighted by atomic mass is 10.1. The molecular weight excluding hydrogens is 283 g/mol. The molecule has 3 rings (SSSR count). The van der Waals surface area contributed by atoms with Gasteiger partial charge in [0.2, 0.25) is 0 Å². The zero-order chi connectivity index (χ0) is 15.5. The van der Waals surface area contributed by atoms with E-state index in [9.17, 15) is 9.18 Å². The second-order valence-electron chi connectivity index (χ2n) is 4.82. The summed E-state index contributed by atoms with van der Waals surface area (Å²) in [5.41, 5.74) is 2.18. The highest BCUT2D eigenvalue weighted by Gasteiger charge is 2.18. The smallest absolute Gasteiger partial charge is 0.278 e. The van der Waals surface area contributed by atoms with Crippen LogP contribution >= 0.6 is 0 Å². The van der Waals surface area contributed by atoms with Gasteiger partial charge in [0.1, 0.15) is 11.5 Å². The van der Waals surface area contributed by atoms with Gasteiger partial charge in [0.05, 0.1) is 5.69 Å². The van der Waals surface area contributed by atoms with Crippen LogP contribution in [0.15, 0.2) is 48.5 Å². The number of rotatable bonds is 3. The van der Waals surface area contributed by atoms with Gasteiger partial charge in [-0.05, 0) is 24.6 Å². The molecule has 1 amide bonds. The van der Waals surface area contributed by atoms with Gasteiger partial charge in [0.15, 0.2) is 5.69 Å². The maximum atomic E-state index is 13.8. The summed E-state index contributed by atoms with van der Waals surface area (Å²) in [6.07, 6.45) is 0. The molecule has 0 saturated heterocycles. The first kappa shape index (κ1) is 13.9. The number of carbonyl (C=O) groups excluding carboxylic acids is 1. The van der Waals surface area contributed by atoms with Crippen LogP contribution in [0.3, 0.4) is 0 Å². The SMILES string of the molecule is Cc1ccc(NC(=O)c2n[nH]nc2-c2ccccc2)c(F)c1. The van der Waals surface area contributed by atoms with Gasteiger partial charge in [-0.15, -0.1) is 0 Å². The number of halogens is 1. The predicted molar refractivity (Wildman–Crippen MR) is 80.9 cm³/mol. The predicted octanol–water partition coefficient (Wildman–Crippen LogP) is 3.17. The maximum Gasteiger partial charge on any atom is 0.278 e. The average Bonchev–Trinajstić information content (AvgIpc) is 3.00. The van der Waals surface area contributed by atoms with Crippen LogP contribution in [0, 0.1) is 12.7 Å². The molecule has 6 heteroatoms. The Bertz CT molecular complexity index is 814. The molecule has 0 aliphatic carbocycles. The van der Waals surface area contributed by atoms with Crippen molar-refractivity contribution in [2.45, 2.75) is 6.92 Å². The summed E-state index contributed by atoms with van der Waals surface area (Å²) in [7, 11) is 0. The Hall–Kier alpha value is -3.02. The summed E-state index contributed by atoms with van der Waals surface area (Å²) >= 11 is 0. The van der Waals surface area contributed by atoms with Crippen molar-refractivity contribution in [1.82, 2.24) is 15.4 Å². The van der Waals surface area contributed by atoms with Gasteiger partial charge in [-0.1, -0.05) is 36.4 Å². The van der Waals surface area contributed by atoms with Crippen molar-refractivity contribution < 1.29 is 9.18 Å². The van der Waals surface area contributed by atoms with E-state index in [4.69, 9.17) is 0 Å². The number of nitrogens with one attached hydrogen (secondary N) is 2. The highest BCUT2D eigenvalue weighted by molar-refractivity contribution is 6.06. The van der Waals surface area contributed by atoms with Crippen molar-refractivity contribution in [2.24, 2.45) is 0 Å². The number of amides is 1. The lowest BCUT2D eigenvalue weighted by Crippen LogP contribution is -2.14. The van der Waals surface area contributed by atoms with E-state index >= 15 is 0 Å². The Morgan fingerprint density at radius 1 is 1.14 bits per heavy atom. The number of nitrogens with zero attached hydrogens (tertiary/aromatic N) is 2. The Balaban J connectivity index is 1.89. The van der Waals surface area contributed by atoms with Crippen molar-refractivity contribution in [1.29, 1.82) is 0 Å². The van der Waals surface area contributed by atoms with Crippen LogP contribution in [-0.4, -0.2) is 21.3 Å². The Kier molecular flexibility index (Phi) is 3.65. The molecule has 0 aliphatic heterocycles. The molecule has 0 radical (unpaired) electrons. The van der Waals surface area contributed by atoms with Gasteiger partial charge in [-0.2, -0.15) is 15.4 Å². The molecule has 1 aromatic heterocycles. The topological polar surface area (TPSA) is 70.7 Å². The first-order valence-corrected chi connectivity index (χ1v) is 6.69. The van der Waals surface area contributed by atoms with Crippen LogP contribution in [-0.2, 0) is 0 Å². The van der Waals surface area contributed by atoms with Crippen LogP contribution in [0.25, 0.3) is 11.3 Å². The van der Waals surface area contributed by atoms with Crippen LogP contribution in [0.5, 0.6) is 0 Å². The number of benzene rings is 2.